The van der Waals surface area contributed by atoms with Crippen LogP contribution in [-0.4, -0.2) is 56.6 Å². The fourth-order valence-corrected chi connectivity index (χ4v) is 2.23. The Kier molecular flexibility index (Phi) is 4.08. The van der Waals surface area contributed by atoms with Crippen molar-refractivity contribution in [2.45, 2.75) is 38.3 Å². The zero-order chi connectivity index (χ0) is 11.7. The van der Waals surface area contributed by atoms with Gasteiger partial charge in [0, 0.05) is 11.8 Å². The molecular formula is C10H20O5. The summed E-state index contributed by atoms with van der Waals surface area (Å²) in [6, 6.07) is 0. The Morgan fingerprint density at radius 1 is 1.00 bits per heavy atom. The van der Waals surface area contributed by atoms with Crippen molar-refractivity contribution in [3.63, 3.8) is 0 Å². The second-order valence-corrected chi connectivity index (χ2v) is 4.63. The van der Waals surface area contributed by atoms with Gasteiger partial charge in [-0.1, -0.05) is 13.8 Å². The molecule has 1 rings (SSSR count). The summed E-state index contributed by atoms with van der Waals surface area (Å²) in [5, 5.41) is 47.7. The van der Waals surface area contributed by atoms with Gasteiger partial charge in [0.25, 0.3) is 0 Å². The second-order valence-electron chi connectivity index (χ2n) is 4.63. The third-order valence-electron chi connectivity index (χ3n) is 3.30. The zero-order valence-electron chi connectivity index (χ0n) is 8.98. The maximum absolute atomic E-state index is 9.79. The van der Waals surface area contributed by atoms with Crippen molar-refractivity contribution in [2.75, 3.05) is 6.61 Å². The number of aliphatic hydroxyl groups excluding tert-OH is 5. The smallest absolute Gasteiger partial charge is 0.0881 e. The molecule has 0 bridgehead atoms. The molecule has 5 nitrogen and oxygen atoms in total. The largest absolute Gasteiger partial charge is 0.396 e. The average Bonchev–Trinajstić information content (AvgIpc) is 2.37. The van der Waals surface area contributed by atoms with Crippen LogP contribution in [0.25, 0.3) is 0 Å². The quantitative estimate of drug-likeness (QED) is 0.391. The van der Waals surface area contributed by atoms with E-state index in [9.17, 15) is 20.4 Å². The Bertz CT molecular complexity index is 208. The van der Waals surface area contributed by atoms with Gasteiger partial charge in [0.1, 0.15) is 0 Å². The maximum atomic E-state index is 9.79. The van der Waals surface area contributed by atoms with Crippen LogP contribution in [0.3, 0.4) is 0 Å². The molecule has 0 radical (unpaired) electrons. The zero-order valence-corrected chi connectivity index (χ0v) is 8.98. The SMILES string of the molecule is CC(C)[C@H](O)[C@@H]1C(O)C(CO)[C@@H](O)C1O. The molecule has 1 aliphatic carbocycles. The van der Waals surface area contributed by atoms with Crippen LogP contribution in [0.15, 0.2) is 0 Å². The molecule has 0 heterocycles. The summed E-state index contributed by atoms with van der Waals surface area (Å²) in [6.45, 7) is 3.13. The van der Waals surface area contributed by atoms with Crippen LogP contribution < -0.4 is 0 Å². The molecule has 0 amide bonds. The van der Waals surface area contributed by atoms with E-state index in [0.717, 1.165) is 0 Å². The molecule has 5 heteroatoms. The van der Waals surface area contributed by atoms with E-state index in [-0.39, 0.29) is 5.92 Å². The highest BCUT2D eigenvalue weighted by molar-refractivity contribution is 5.00. The van der Waals surface area contributed by atoms with Crippen LogP contribution >= 0.6 is 0 Å². The van der Waals surface area contributed by atoms with E-state index >= 15 is 0 Å². The molecule has 0 aromatic rings. The number of hydrogen-bond acceptors (Lipinski definition) is 5. The standard InChI is InChI=1S/C10H20O5/c1-4(2)7(12)6-8(13)5(3-11)9(14)10(6)15/h4-15H,3H2,1-2H3/t5?,6-,7+,8?,9-,10?/m1/s1. The molecule has 1 fully saturated rings. The maximum Gasteiger partial charge on any atom is 0.0881 e. The summed E-state index contributed by atoms with van der Waals surface area (Å²) < 4.78 is 0. The second kappa shape index (κ2) is 4.76. The van der Waals surface area contributed by atoms with E-state index in [0.29, 0.717) is 0 Å². The molecule has 15 heavy (non-hydrogen) atoms. The van der Waals surface area contributed by atoms with Crippen molar-refractivity contribution in [1.82, 2.24) is 0 Å². The summed E-state index contributed by atoms with van der Waals surface area (Å²) >= 11 is 0. The summed E-state index contributed by atoms with van der Waals surface area (Å²) in [4.78, 5) is 0. The highest BCUT2D eigenvalue weighted by atomic mass is 16.4. The lowest BCUT2D eigenvalue weighted by molar-refractivity contribution is -0.0571. The first kappa shape index (κ1) is 12.9. The van der Waals surface area contributed by atoms with Crippen LogP contribution in [0, 0.1) is 17.8 Å². The van der Waals surface area contributed by atoms with Gasteiger partial charge >= 0.3 is 0 Å². The molecule has 3 unspecified atom stereocenters. The minimum absolute atomic E-state index is 0.121. The third kappa shape index (κ3) is 2.16. The van der Waals surface area contributed by atoms with E-state index in [1.165, 1.54) is 0 Å². The Hall–Kier alpha value is -0.200. The van der Waals surface area contributed by atoms with Crippen LogP contribution in [0.5, 0.6) is 0 Å². The van der Waals surface area contributed by atoms with E-state index in [4.69, 9.17) is 5.11 Å². The Morgan fingerprint density at radius 2 is 1.53 bits per heavy atom. The van der Waals surface area contributed by atoms with Gasteiger partial charge in [-0.15, -0.1) is 0 Å². The first-order valence-electron chi connectivity index (χ1n) is 5.25. The number of aliphatic hydroxyl groups is 5. The van der Waals surface area contributed by atoms with Gasteiger partial charge in [0.2, 0.25) is 0 Å². The van der Waals surface area contributed by atoms with Gasteiger partial charge in [-0.25, -0.2) is 0 Å². The lowest BCUT2D eigenvalue weighted by Crippen LogP contribution is -2.39. The van der Waals surface area contributed by atoms with E-state index in [2.05, 4.69) is 0 Å². The molecular weight excluding hydrogens is 200 g/mol. The van der Waals surface area contributed by atoms with E-state index in [1.54, 1.807) is 13.8 Å². The summed E-state index contributed by atoms with van der Waals surface area (Å²) in [5.74, 6) is -1.69. The fourth-order valence-electron chi connectivity index (χ4n) is 2.23. The van der Waals surface area contributed by atoms with Crippen LogP contribution in [0.1, 0.15) is 13.8 Å². The normalized spacial score (nSPS) is 43.6. The van der Waals surface area contributed by atoms with E-state index < -0.39 is 42.9 Å². The van der Waals surface area contributed by atoms with E-state index in [1.807, 2.05) is 0 Å². The first-order chi connectivity index (χ1) is 6.91. The van der Waals surface area contributed by atoms with Gasteiger partial charge in [0.05, 0.1) is 31.0 Å². The van der Waals surface area contributed by atoms with Gasteiger partial charge in [-0.3, -0.25) is 0 Å². The van der Waals surface area contributed by atoms with Crippen LogP contribution in [0.4, 0.5) is 0 Å². The lowest BCUT2D eigenvalue weighted by atomic mass is 9.88. The molecule has 1 aliphatic rings. The van der Waals surface area contributed by atoms with Crippen molar-refractivity contribution in [3.05, 3.63) is 0 Å². The molecule has 0 aromatic carbocycles. The van der Waals surface area contributed by atoms with Crippen molar-refractivity contribution >= 4 is 0 Å². The summed E-state index contributed by atoms with van der Waals surface area (Å²) in [5.41, 5.74) is 0. The third-order valence-corrected chi connectivity index (χ3v) is 3.30. The summed E-state index contributed by atoms with van der Waals surface area (Å²) in [6.07, 6.45) is -4.32. The van der Waals surface area contributed by atoms with Gasteiger partial charge < -0.3 is 25.5 Å². The Labute approximate surface area is 89.0 Å². The van der Waals surface area contributed by atoms with Gasteiger partial charge in [-0.2, -0.15) is 0 Å². The predicted octanol–water partition coefficient (Wildman–Crippen LogP) is -1.68. The van der Waals surface area contributed by atoms with Crippen molar-refractivity contribution < 1.29 is 25.5 Å². The van der Waals surface area contributed by atoms with Crippen molar-refractivity contribution in [1.29, 1.82) is 0 Å². The molecule has 5 N–H and O–H groups in total. The fraction of sp³-hybridized carbons (Fsp3) is 1.00. The minimum atomic E-state index is -1.19. The summed E-state index contributed by atoms with van der Waals surface area (Å²) in [7, 11) is 0. The molecule has 1 saturated carbocycles. The molecule has 0 spiro atoms. The molecule has 90 valence electrons. The monoisotopic (exact) mass is 220 g/mol. The Morgan fingerprint density at radius 3 is 1.87 bits per heavy atom. The highest BCUT2D eigenvalue weighted by Crippen LogP contribution is 2.36. The van der Waals surface area contributed by atoms with Crippen LogP contribution in [-0.2, 0) is 0 Å². The highest BCUT2D eigenvalue weighted by Gasteiger charge is 2.51. The van der Waals surface area contributed by atoms with Gasteiger partial charge in [0.15, 0.2) is 0 Å². The molecule has 0 aliphatic heterocycles. The lowest BCUT2D eigenvalue weighted by Gasteiger charge is -2.27. The average molecular weight is 220 g/mol. The van der Waals surface area contributed by atoms with Crippen LogP contribution in [0.2, 0.25) is 0 Å². The van der Waals surface area contributed by atoms with Gasteiger partial charge in [-0.05, 0) is 5.92 Å². The van der Waals surface area contributed by atoms with Crippen molar-refractivity contribution in [2.24, 2.45) is 17.8 Å². The number of hydrogen-bond donors (Lipinski definition) is 5. The van der Waals surface area contributed by atoms with Crippen molar-refractivity contribution in [3.8, 4) is 0 Å². The molecule has 0 saturated heterocycles. The Balaban J connectivity index is 2.82. The number of rotatable bonds is 3. The molecule has 6 atom stereocenters. The minimum Gasteiger partial charge on any atom is -0.396 e. The first-order valence-corrected chi connectivity index (χ1v) is 5.25. The topological polar surface area (TPSA) is 101 Å². The predicted molar refractivity (Wildman–Crippen MR) is 52.9 cm³/mol. The molecule has 0 aromatic heterocycles.